The maximum atomic E-state index is 11.2. The molecule has 39 heavy (non-hydrogen) atoms. The summed E-state index contributed by atoms with van der Waals surface area (Å²) in [5.74, 6) is 1.15. The third-order valence-electron chi connectivity index (χ3n) is 6.45. The van der Waals surface area contributed by atoms with Gasteiger partial charge in [0.25, 0.3) is 0 Å². The van der Waals surface area contributed by atoms with Crippen LogP contribution < -0.4 is 18.9 Å². The monoisotopic (exact) mass is 566 g/mol. The molecule has 2 aromatic heterocycles. The normalized spacial score (nSPS) is 10.7. The average molecular weight is 567 g/mol. The summed E-state index contributed by atoms with van der Waals surface area (Å²) in [6.07, 6.45) is 0.638. The van der Waals surface area contributed by atoms with Crippen LogP contribution in [0.4, 0.5) is 0 Å². The number of carbonyl (C=O) groups is 1. The highest BCUT2D eigenvalue weighted by atomic mass is 35.5. The van der Waals surface area contributed by atoms with Gasteiger partial charge in [-0.25, -0.2) is 0 Å². The van der Waals surface area contributed by atoms with E-state index in [0.717, 1.165) is 38.9 Å². The molecule has 9 heteroatoms. The fraction of sp³-hybridized carbons (Fsp3) is 0.233. The fourth-order valence-electron chi connectivity index (χ4n) is 4.23. The van der Waals surface area contributed by atoms with Gasteiger partial charge in [0.1, 0.15) is 23.3 Å². The lowest BCUT2D eigenvalue weighted by Crippen LogP contribution is -2.04. The molecule has 202 valence electrons. The summed E-state index contributed by atoms with van der Waals surface area (Å²) in [6.45, 7) is 6.51. The number of carbonyl (C=O) groups excluding carboxylic acids is 1. The molecule has 2 heterocycles. The quantitative estimate of drug-likeness (QED) is 0.185. The van der Waals surface area contributed by atoms with Crippen LogP contribution in [0.5, 0.6) is 23.5 Å². The van der Waals surface area contributed by atoms with E-state index >= 15 is 0 Å². The Kier molecular flexibility index (Phi) is 8.94. The zero-order chi connectivity index (χ0) is 28.1. The first kappa shape index (κ1) is 28.2. The van der Waals surface area contributed by atoms with Gasteiger partial charge in [0.15, 0.2) is 6.29 Å². The minimum atomic E-state index is 0.158. The number of aryl methyl sites for hydroxylation is 1. The van der Waals surface area contributed by atoms with Crippen molar-refractivity contribution in [2.75, 3.05) is 14.2 Å². The van der Waals surface area contributed by atoms with Gasteiger partial charge >= 0.3 is 0 Å². The Morgan fingerprint density at radius 3 is 1.69 bits per heavy atom. The highest BCUT2D eigenvalue weighted by Crippen LogP contribution is 2.34. The second-order valence-electron chi connectivity index (χ2n) is 8.85. The zero-order valence-corrected chi connectivity index (χ0v) is 23.8. The standard InChI is InChI=1S/C30H28Cl2N2O5/c1-17-12-25(31)29(33-27(17)36-4)38-15-20-8-6-10-23(18(20)2)24-11-7-9-21(19(24)3)16-39-30-26(32)13-22(14-35)28(34-30)37-5/h6-14H,15-16H2,1-5H3. The summed E-state index contributed by atoms with van der Waals surface area (Å²) in [5.41, 5.74) is 7.33. The van der Waals surface area contributed by atoms with Crippen molar-refractivity contribution in [3.63, 3.8) is 0 Å². The predicted molar refractivity (Wildman–Crippen MR) is 152 cm³/mol. The van der Waals surface area contributed by atoms with Gasteiger partial charge in [-0.1, -0.05) is 59.6 Å². The molecule has 0 aliphatic carbocycles. The molecule has 0 fully saturated rings. The predicted octanol–water partition coefficient (Wildman–Crippen LogP) is 7.36. The Balaban J connectivity index is 1.57. The molecule has 4 aromatic rings. The van der Waals surface area contributed by atoms with E-state index in [1.807, 2.05) is 38.1 Å². The Labute approximate surface area is 237 Å². The Morgan fingerprint density at radius 1 is 0.718 bits per heavy atom. The first-order chi connectivity index (χ1) is 18.8. The Hall–Kier alpha value is -3.81. The maximum Gasteiger partial charge on any atom is 0.236 e. The minimum Gasteiger partial charge on any atom is -0.481 e. The van der Waals surface area contributed by atoms with E-state index in [2.05, 4.69) is 29.0 Å². The van der Waals surface area contributed by atoms with Crippen LogP contribution in [0.25, 0.3) is 11.1 Å². The summed E-state index contributed by atoms with van der Waals surface area (Å²) >= 11 is 12.6. The molecule has 0 N–H and O–H groups in total. The van der Waals surface area contributed by atoms with Gasteiger partial charge in [-0.2, -0.15) is 9.97 Å². The van der Waals surface area contributed by atoms with Gasteiger partial charge in [0.2, 0.25) is 23.5 Å². The number of ether oxygens (including phenoxy) is 4. The first-order valence-corrected chi connectivity index (χ1v) is 12.9. The molecule has 7 nitrogen and oxygen atoms in total. The van der Waals surface area contributed by atoms with Crippen molar-refractivity contribution < 1.29 is 23.7 Å². The zero-order valence-electron chi connectivity index (χ0n) is 22.3. The number of aromatic nitrogens is 2. The van der Waals surface area contributed by atoms with Crippen molar-refractivity contribution in [2.45, 2.75) is 34.0 Å². The molecule has 0 radical (unpaired) electrons. The second-order valence-corrected chi connectivity index (χ2v) is 9.66. The third-order valence-corrected chi connectivity index (χ3v) is 6.99. The van der Waals surface area contributed by atoms with Crippen LogP contribution in [0, 0.1) is 20.8 Å². The lowest BCUT2D eigenvalue weighted by molar-refractivity contribution is 0.111. The number of rotatable bonds is 10. The Morgan fingerprint density at radius 2 is 1.21 bits per heavy atom. The molecule has 0 bridgehead atoms. The number of nitrogens with zero attached hydrogens (tertiary/aromatic N) is 2. The van der Waals surface area contributed by atoms with Gasteiger partial charge in [0.05, 0.1) is 19.8 Å². The molecule has 0 unspecified atom stereocenters. The molecular formula is C30H28Cl2N2O5. The van der Waals surface area contributed by atoms with E-state index in [4.69, 9.17) is 42.1 Å². The fourth-order valence-corrected chi connectivity index (χ4v) is 4.70. The maximum absolute atomic E-state index is 11.2. The molecule has 0 spiro atoms. The average Bonchev–Trinajstić information content (AvgIpc) is 2.93. The number of aldehydes is 1. The van der Waals surface area contributed by atoms with E-state index in [9.17, 15) is 4.79 Å². The van der Waals surface area contributed by atoms with Gasteiger partial charge in [-0.05, 0) is 66.3 Å². The smallest absolute Gasteiger partial charge is 0.236 e. The van der Waals surface area contributed by atoms with E-state index < -0.39 is 0 Å². The van der Waals surface area contributed by atoms with Crippen LogP contribution in [-0.4, -0.2) is 30.5 Å². The topological polar surface area (TPSA) is 79.8 Å². The van der Waals surface area contributed by atoms with E-state index in [1.165, 1.54) is 13.2 Å². The summed E-state index contributed by atoms with van der Waals surface area (Å²) in [7, 11) is 3.00. The number of methoxy groups -OCH3 is 2. The van der Waals surface area contributed by atoms with Crippen LogP contribution in [0.15, 0.2) is 48.5 Å². The van der Waals surface area contributed by atoms with Gasteiger partial charge in [-0.15, -0.1) is 0 Å². The van der Waals surface area contributed by atoms with E-state index in [1.54, 1.807) is 13.2 Å². The largest absolute Gasteiger partial charge is 0.481 e. The van der Waals surface area contributed by atoms with E-state index in [-0.39, 0.29) is 29.0 Å². The van der Waals surface area contributed by atoms with E-state index in [0.29, 0.717) is 29.7 Å². The van der Waals surface area contributed by atoms with Crippen molar-refractivity contribution in [1.82, 2.24) is 9.97 Å². The van der Waals surface area contributed by atoms with Crippen molar-refractivity contribution in [1.29, 1.82) is 0 Å². The summed E-state index contributed by atoms with van der Waals surface area (Å²) in [5, 5.41) is 0.662. The molecule has 0 aliphatic rings. The first-order valence-electron chi connectivity index (χ1n) is 12.1. The summed E-state index contributed by atoms with van der Waals surface area (Å²) in [4.78, 5) is 19.8. The van der Waals surface area contributed by atoms with Crippen molar-refractivity contribution in [3.8, 4) is 34.6 Å². The highest BCUT2D eigenvalue weighted by molar-refractivity contribution is 6.32. The number of pyridine rings is 2. The van der Waals surface area contributed by atoms with Gasteiger partial charge in [0, 0.05) is 5.56 Å². The number of halogens is 2. The van der Waals surface area contributed by atoms with Crippen LogP contribution in [0.1, 0.15) is 38.2 Å². The summed E-state index contributed by atoms with van der Waals surface area (Å²) < 4.78 is 22.4. The van der Waals surface area contributed by atoms with Crippen LogP contribution in [-0.2, 0) is 13.2 Å². The molecule has 2 aromatic carbocycles. The highest BCUT2D eigenvalue weighted by Gasteiger charge is 2.16. The molecule has 0 saturated heterocycles. The van der Waals surface area contributed by atoms with Crippen LogP contribution >= 0.6 is 23.2 Å². The Bertz CT molecular complexity index is 1520. The van der Waals surface area contributed by atoms with Crippen LogP contribution in [0.3, 0.4) is 0 Å². The second kappa shape index (κ2) is 12.4. The number of hydrogen-bond donors (Lipinski definition) is 0. The van der Waals surface area contributed by atoms with Gasteiger partial charge < -0.3 is 18.9 Å². The summed E-state index contributed by atoms with van der Waals surface area (Å²) in [6, 6.07) is 15.4. The number of hydrogen-bond acceptors (Lipinski definition) is 7. The molecule has 0 aliphatic heterocycles. The van der Waals surface area contributed by atoms with Crippen molar-refractivity contribution in [3.05, 3.63) is 92.0 Å². The number of benzene rings is 2. The van der Waals surface area contributed by atoms with Crippen LogP contribution in [0.2, 0.25) is 10.0 Å². The third kappa shape index (κ3) is 6.10. The SMILES string of the molecule is COc1nc(OCc2cccc(-c3cccc(COc4nc(OC)c(C=O)cc4Cl)c3C)c2C)c(Cl)cc1C. The minimum absolute atomic E-state index is 0.158. The lowest BCUT2D eigenvalue weighted by atomic mass is 9.92. The molecular weight excluding hydrogens is 539 g/mol. The molecule has 0 amide bonds. The molecule has 0 atom stereocenters. The van der Waals surface area contributed by atoms with Gasteiger partial charge in [-0.3, -0.25) is 4.79 Å². The molecule has 0 saturated carbocycles. The van der Waals surface area contributed by atoms with Crippen molar-refractivity contribution in [2.24, 2.45) is 0 Å². The lowest BCUT2D eigenvalue weighted by Gasteiger charge is -2.17. The molecule has 4 rings (SSSR count). The van der Waals surface area contributed by atoms with Crippen molar-refractivity contribution >= 4 is 29.5 Å².